The summed E-state index contributed by atoms with van der Waals surface area (Å²) in [6, 6.07) is 4.77. The molecule has 0 aliphatic rings. The minimum atomic E-state index is -4.77. The number of methoxy groups -OCH3 is 1. The van der Waals surface area contributed by atoms with Crippen molar-refractivity contribution in [1.29, 1.82) is 0 Å². The number of carbonyl (C=O) groups excluding carboxylic acids is 2. The van der Waals surface area contributed by atoms with Crippen LogP contribution in [0.15, 0.2) is 30.0 Å². The number of hydrogen-bond donors (Lipinski definition) is 1. The molecule has 0 atom stereocenters. The summed E-state index contributed by atoms with van der Waals surface area (Å²) in [4.78, 5) is 22.4. The Morgan fingerprint density at radius 3 is 2.19 bits per heavy atom. The highest BCUT2D eigenvalue weighted by Crippen LogP contribution is 2.23. The molecule has 0 aromatic heterocycles. The lowest BCUT2D eigenvalue weighted by molar-refractivity contribution is -0.274. The molecule has 0 radical (unpaired) electrons. The van der Waals surface area contributed by atoms with Gasteiger partial charge in [-0.1, -0.05) is 12.1 Å². The maximum Gasteiger partial charge on any atom is 0.573 e. The number of esters is 1. The minimum absolute atomic E-state index is 0.130. The van der Waals surface area contributed by atoms with Crippen LogP contribution in [-0.4, -0.2) is 25.3 Å². The fourth-order valence-corrected chi connectivity index (χ4v) is 1.38. The average molecular weight is 303 g/mol. The zero-order valence-electron chi connectivity index (χ0n) is 11.2. The molecule has 0 fully saturated rings. The third-order valence-electron chi connectivity index (χ3n) is 2.14. The normalized spacial score (nSPS) is 11.8. The molecule has 0 saturated heterocycles. The number of amides is 1. The predicted octanol–water partition coefficient (Wildman–Crippen LogP) is 2.24. The van der Waals surface area contributed by atoms with Crippen molar-refractivity contribution in [2.75, 3.05) is 7.11 Å². The summed E-state index contributed by atoms with van der Waals surface area (Å²) in [5.74, 6) is -1.65. The van der Waals surface area contributed by atoms with Crippen LogP contribution in [0, 0.1) is 0 Å². The van der Waals surface area contributed by atoms with Crippen LogP contribution in [0.25, 0.3) is 6.08 Å². The van der Waals surface area contributed by atoms with Gasteiger partial charge in [0.1, 0.15) is 11.4 Å². The molecule has 21 heavy (non-hydrogen) atoms. The summed E-state index contributed by atoms with van der Waals surface area (Å²) in [7, 11) is 1.14. The quantitative estimate of drug-likeness (QED) is 0.684. The van der Waals surface area contributed by atoms with Crippen molar-refractivity contribution in [3.05, 3.63) is 35.5 Å². The molecule has 8 heteroatoms. The average Bonchev–Trinajstić information content (AvgIpc) is 2.37. The van der Waals surface area contributed by atoms with Crippen molar-refractivity contribution in [2.45, 2.75) is 13.3 Å². The van der Waals surface area contributed by atoms with E-state index in [1.54, 1.807) is 0 Å². The molecule has 0 aliphatic heterocycles. The van der Waals surface area contributed by atoms with Gasteiger partial charge in [0.25, 0.3) is 0 Å². The Hall–Kier alpha value is -2.51. The Labute approximate surface area is 118 Å². The number of halogens is 3. The summed E-state index contributed by atoms with van der Waals surface area (Å²) in [5, 5.41) is 2.27. The van der Waals surface area contributed by atoms with Gasteiger partial charge in [0.2, 0.25) is 5.91 Å². The zero-order chi connectivity index (χ0) is 16.0. The van der Waals surface area contributed by atoms with E-state index in [0.29, 0.717) is 5.56 Å². The third kappa shape index (κ3) is 5.98. The summed E-state index contributed by atoms with van der Waals surface area (Å²) in [5.41, 5.74) is 0.258. The van der Waals surface area contributed by atoms with Crippen molar-refractivity contribution in [1.82, 2.24) is 5.32 Å². The molecule has 1 aromatic rings. The molecule has 0 unspecified atom stereocenters. The Bertz CT molecular complexity index is 550. The van der Waals surface area contributed by atoms with Gasteiger partial charge < -0.3 is 14.8 Å². The van der Waals surface area contributed by atoms with E-state index in [2.05, 4.69) is 14.8 Å². The van der Waals surface area contributed by atoms with Gasteiger partial charge in [0, 0.05) is 6.92 Å². The Morgan fingerprint density at radius 1 is 1.19 bits per heavy atom. The fourth-order valence-electron chi connectivity index (χ4n) is 1.38. The highest BCUT2D eigenvalue weighted by atomic mass is 19.4. The van der Waals surface area contributed by atoms with E-state index in [-0.39, 0.29) is 5.70 Å². The van der Waals surface area contributed by atoms with Crippen molar-refractivity contribution in [3.8, 4) is 5.75 Å². The van der Waals surface area contributed by atoms with Gasteiger partial charge >= 0.3 is 12.3 Å². The first-order valence-electron chi connectivity index (χ1n) is 5.64. The molecule has 1 amide bonds. The lowest BCUT2D eigenvalue weighted by atomic mass is 10.2. The number of alkyl halides is 3. The lowest BCUT2D eigenvalue weighted by Gasteiger charge is -2.09. The van der Waals surface area contributed by atoms with Gasteiger partial charge in [-0.2, -0.15) is 0 Å². The van der Waals surface area contributed by atoms with Crippen molar-refractivity contribution in [3.63, 3.8) is 0 Å². The number of rotatable bonds is 4. The van der Waals surface area contributed by atoms with Crippen LogP contribution < -0.4 is 10.1 Å². The van der Waals surface area contributed by atoms with Gasteiger partial charge in [-0.3, -0.25) is 4.79 Å². The van der Waals surface area contributed by atoms with E-state index in [9.17, 15) is 22.8 Å². The Morgan fingerprint density at radius 2 is 1.76 bits per heavy atom. The first-order valence-corrected chi connectivity index (χ1v) is 5.64. The fraction of sp³-hybridized carbons (Fsp3) is 0.231. The predicted molar refractivity (Wildman–Crippen MR) is 66.9 cm³/mol. The molecule has 0 saturated carbocycles. The van der Waals surface area contributed by atoms with E-state index in [0.717, 1.165) is 19.2 Å². The number of nitrogens with one attached hydrogen (secondary N) is 1. The minimum Gasteiger partial charge on any atom is -0.464 e. The summed E-state index contributed by atoms with van der Waals surface area (Å²) in [6.07, 6.45) is -3.50. The van der Waals surface area contributed by atoms with Gasteiger partial charge in [0.05, 0.1) is 7.11 Å². The molecule has 0 bridgehead atoms. The molecule has 0 aliphatic carbocycles. The maximum atomic E-state index is 12.0. The Balaban J connectivity index is 2.95. The van der Waals surface area contributed by atoms with E-state index >= 15 is 0 Å². The van der Waals surface area contributed by atoms with Gasteiger partial charge in [-0.25, -0.2) is 4.79 Å². The van der Waals surface area contributed by atoms with Crippen LogP contribution in [-0.2, 0) is 14.3 Å². The second kappa shape index (κ2) is 6.78. The highest BCUT2D eigenvalue weighted by molar-refractivity contribution is 5.97. The van der Waals surface area contributed by atoms with Crippen molar-refractivity contribution < 1.29 is 32.2 Å². The van der Waals surface area contributed by atoms with Gasteiger partial charge in [-0.05, 0) is 23.8 Å². The maximum absolute atomic E-state index is 12.0. The topological polar surface area (TPSA) is 64.6 Å². The SMILES string of the molecule is COC(=O)C(=Cc1ccc(OC(F)(F)F)cc1)NC(C)=O. The lowest BCUT2D eigenvalue weighted by Crippen LogP contribution is -2.25. The molecule has 5 nitrogen and oxygen atoms in total. The van der Waals surface area contributed by atoms with E-state index < -0.39 is 24.0 Å². The van der Waals surface area contributed by atoms with Crippen LogP contribution in [0.5, 0.6) is 5.75 Å². The monoisotopic (exact) mass is 303 g/mol. The zero-order valence-corrected chi connectivity index (χ0v) is 11.2. The number of carbonyl (C=O) groups is 2. The molecule has 114 valence electrons. The number of ether oxygens (including phenoxy) is 2. The first-order chi connectivity index (χ1) is 9.71. The third-order valence-corrected chi connectivity index (χ3v) is 2.14. The second-order valence-electron chi connectivity index (χ2n) is 3.85. The summed E-state index contributed by atoms with van der Waals surface area (Å²) in [6.45, 7) is 1.21. The van der Waals surface area contributed by atoms with E-state index in [1.165, 1.54) is 25.1 Å². The van der Waals surface area contributed by atoms with Gasteiger partial charge in [0.15, 0.2) is 0 Å². The van der Waals surface area contributed by atoms with E-state index in [4.69, 9.17) is 0 Å². The number of benzene rings is 1. The molecule has 1 N–H and O–H groups in total. The molecular weight excluding hydrogens is 291 g/mol. The second-order valence-corrected chi connectivity index (χ2v) is 3.85. The van der Waals surface area contributed by atoms with Crippen molar-refractivity contribution in [2.24, 2.45) is 0 Å². The molecule has 0 spiro atoms. The van der Waals surface area contributed by atoms with E-state index in [1.807, 2.05) is 0 Å². The van der Waals surface area contributed by atoms with Gasteiger partial charge in [-0.15, -0.1) is 13.2 Å². The summed E-state index contributed by atoms with van der Waals surface area (Å²) >= 11 is 0. The van der Waals surface area contributed by atoms with Crippen LogP contribution in [0.4, 0.5) is 13.2 Å². The van der Waals surface area contributed by atoms with Crippen LogP contribution in [0.1, 0.15) is 12.5 Å². The first kappa shape index (κ1) is 16.5. The smallest absolute Gasteiger partial charge is 0.464 e. The standard InChI is InChI=1S/C13H12F3NO4/c1-8(18)17-11(12(19)20-2)7-9-3-5-10(6-4-9)21-13(14,15)16/h3-7H,1-2H3,(H,17,18). The van der Waals surface area contributed by atoms with Crippen LogP contribution >= 0.6 is 0 Å². The molecular formula is C13H12F3NO4. The largest absolute Gasteiger partial charge is 0.573 e. The van der Waals surface area contributed by atoms with Crippen molar-refractivity contribution >= 4 is 18.0 Å². The van der Waals surface area contributed by atoms with Crippen LogP contribution in [0.3, 0.4) is 0 Å². The Kier molecular flexibility index (Phi) is 5.34. The molecule has 1 aromatic carbocycles. The van der Waals surface area contributed by atoms with Crippen LogP contribution in [0.2, 0.25) is 0 Å². The summed E-state index contributed by atoms with van der Waals surface area (Å²) < 4.78 is 44.2. The number of hydrogen-bond acceptors (Lipinski definition) is 4. The highest BCUT2D eigenvalue weighted by Gasteiger charge is 2.30. The molecule has 0 heterocycles. The molecule has 1 rings (SSSR count).